The fourth-order valence-corrected chi connectivity index (χ4v) is 0. The minimum absolute atomic E-state index is 0. The van der Waals surface area contributed by atoms with Crippen molar-refractivity contribution in [2.24, 2.45) is 0 Å². The van der Waals surface area contributed by atoms with Gasteiger partial charge in [-0.25, -0.2) is 0 Å². The predicted octanol–water partition coefficient (Wildman–Crippen LogP) is -3.55. The molecule has 0 saturated carbocycles. The number of hydrogen-bond donors (Lipinski definition) is 0. The first kappa shape index (κ1) is 37.4. The van der Waals surface area contributed by atoms with E-state index in [-0.39, 0.29) is 67.9 Å². The van der Waals surface area contributed by atoms with E-state index in [0.29, 0.717) is 0 Å². The second-order valence-electron chi connectivity index (χ2n) is 0. The molecule has 0 aromatic rings. The molecule has 0 aliphatic heterocycles. The van der Waals surface area contributed by atoms with Gasteiger partial charge in [-0.15, -0.1) is 0 Å². The minimum atomic E-state index is 0. The van der Waals surface area contributed by atoms with Crippen LogP contribution in [0.25, 0.3) is 0 Å². The molecule has 0 amide bonds. The monoisotopic (exact) mass is 146 g/mol. The predicted molar refractivity (Wildman–Crippen MR) is 29.8 cm³/mol. The van der Waals surface area contributed by atoms with Crippen molar-refractivity contribution in [3.05, 3.63) is 0 Å². The molecule has 0 spiro atoms. The molecule has 0 bridgehead atoms. The van der Waals surface area contributed by atoms with Gasteiger partial charge in [0.2, 0.25) is 0 Å². The van der Waals surface area contributed by atoms with E-state index in [4.69, 9.17) is 0 Å². The summed E-state index contributed by atoms with van der Waals surface area (Å²) in [5.74, 6) is 0. The van der Waals surface area contributed by atoms with Gasteiger partial charge in [0.1, 0.15) is 0 Å². The normalized spacial score (nSPS) is 0. The fourth-order valence-electron chi connectivity index (χ4n) is 0. The third-order valence-corrected chi connectivity index (χ3v) is 0. The Morgan fingerprint density at radius 1 is 1.00 bits per heavy atom. The number of hydrogen-bond acceptors (Lipinski definition) is 0. The van der Waals surface area contributed by atoms with Gasteiger partial charge in [-0.1, -0.05) is 0 Å². The molecule has 0 heterocycles. The zero-order chi connectivity index (χ0) is 0. The van der Waals surface area contributed by atoms with E-state index in [2.05, 4.69) is 0 Å². The zero-order valence-electron chi connectivity index (χ0n) is 0.316. The van der Waals surface area contributed by atoms with E-state index >= 15 is 0 Å². The van der Waals surface area contributed by atoms with Crippen LogP contribution in [0, 0.1) is 0 Å². The summed E-state index contributed by atoms with van der Waals surface area (Å²) in [6.07, 6.45) is 0. The molecule has 28 valence electrons. The molecule has 0 unspecified atom stereocenters. The SMILES string of the molecule is [AlH3].[MgH2].[Ni].[SiH4]. The van der Waals surface area contributed by atoms with Crippen molar-refractivity contribution in [1.82, 2.24) is 0 Å². The maximum atomic E-state index is 0. The molecular weight excluding hydrogens is 138 g/mol. The quantitative estimate of drug-likeness (QED) is 0.311. The summed E-state index contributed by atoms with van der Waals surface area (Å²) >= 11 is 0. The average Bonchev–Trinajstić information content (AvgIpc) is 0. The van der Waals surface area contributed by atoms with Crippen molar-refractivity contribution >= 4 is 51.4 Å². The van der Waals surface area contributed by atoms with E-state index in [1.54, 1.807) is 0 Å². The van der Waals surface area contributed by atoms with Gasteiger partial charge in [0.15, 0.2) is 17.4 Å². The van der Waals surface area contributed by atoms with Crippen LogP contribution in [0.5, 0.6) is 0 Å². The Morgan fingerprint density at radius 2 is 1.00 bits per heavy atom. The van der Waals surface area contributed by atoms with Gasteiger partial charge in [0.05, 0.1) is 0 Å². The first-order valence-electron chi connectivity index (χ1n) is 0. The molecule has 0 aliphatic rings. The molecule has 0 N–H and O–H groups in total. The second kappa shape index (κ2) is 19.9. The molecule has 4 heteroatoms. The Kier molecular flexibility index (Phi) is 186. The van der Waals surface area contributed by atoms with Crippen LogP contribution in [0.1, 0.15) is 0 Å². The van der Waals surface area contributed by atoms with Crippen LogP contribution in [0.4, 0.5) is 0 Å². The average molecular weight is 147 g/mol. The van der Waals surface area contributed by atoms with E-state index < -0.39 is 0 Å². The minimum Gasteiger partial charge on any atom is -0.0149 e. The molecular formula is H9AlMgNiSi. The molecule has 4 heavy (non-hydrogen) atoms. The Hall–Kier alpha value is 2.01. The summed E-state index contributed by atoms with van der Waals surface area (Å²) in [5, 5.41) is 0. The van der Waals surface area contributed by atoms with Crippen LogP contribution in [0.15, 0.2) is 0 Å². The van der Waals surface area contributed by atoms with Gasteiger partial charge in [-0.3, -0.25) is 0 Å². The Balaban J connectivity index is 0. The summed E-state index contributed by atoms with van der Waals surface area (Å²) in [4.78, 5) is 0. The van der Waals surface area contributed by atoms with Gasteiger partial charge in [0, 0.05) is 16.5 Å². The topological polar surface area (TPSA) is 0 Å². The van der Waals surface area contributed by atoms with E-state index in [0.717, 1.165) is 0 Å². The third kappa shape index (κ3) is 8.99. The molecule has 0 atom stereocenters. The smallest absolute Gasteiger partial charge is 0.0149 e. The molecule has 0 rings (SSSR count). The molecule has 0 aromatic carbocycles. The Bertz CT molecular complexity index is 8.00. The standard InChI is InChI=1S/Al.Mg.Ni.H4Si.5H/h;;;1H4;;;;;. The van der Waals surface area contributed by atoms with Crippen molar-refractivity contribution in [1.29, 1.82) is 0 Å². The van der Waals surface area contributed by atoms with Crippen LogP contribution >= 0.6 is 0 Å². The van der Waals surface area contributed by atoms with Crippen LogP contribution in [-0.2, 0) is 16.5 Å². The van der Waals surface area contributed by atoms with Crippen LogP contribution in [0.2, 0.25) is 0 Å². The van der Waals surface area contributed by atoms with E-state index in [1.807, 2.05) is 0 Å². The van der Waals surface area contributed by atoms with Gasteiger partial charge >= 0.3 is 23.1 Å². The van der Waals surface area contributed by atoms with E-state index in [1.165, 1.54) is 0 Å². The molecule has 0 radical (unpaired) electrons. The van der Waals surface area contributed by atoms with Gasteiger partial charge in [-0.05, 0) is 11.0 Å². The van der Waals surface area contributed by atoms with Crippen molar-refractivity contribution in [3.63, 3.8) is 0 Å². The second-order valence-corrected chi connectivity index (χ2v) is 0. The third-order valence-electron chi connectivity index (χ3n) is 0. The first-order valence-corrected chi connectivity index (χ1v) is 0. The molecule has 0 aromatic heterocycles. The maximum absolute atomic E-state index is 0. The van der Waals surface area contributed by atoms with Crippen molar-refractivity contribution < 1.29 is 16.5 Å². The largest absolute Gasteiger partial charge is 0.316 e. The van der Waals surface area contributed by atoms with Crippen molar-refractivity contribution in [2.45, 2.75) is 0 Å². The Labute approximate surface area is 67.3 Å². The summed E-state index contributed by atoms with van der Waals surface area (Å²) < 4.78 is 0. The molecule has 0 nitrogen and oxygen atoms in total. The summed E-state index contributed by atoms with van der Waals surface area (Å²) in [7, 11) is 0. The number of rotatable bonds is 0. The van der Waals surface area contributed by atoms with Gasteiger partial charge < -0.3 is 0 Å². The molecule has 0 fully saturated rings. The van der Waals surface area contributed by atoms with Gasteiger partial charge in [0.25, 0.3) is 0 Å². The Morgan fingerprint density at radius 3 is 1.00 bits per heavy atom. The molecule has 0 aliphatic carbocycles. The van der Waals surface area contributed by atoms with Gasteiger partial charge in [-0.2, -0.15) is 0 Å². The summed E-state index contributed by atoms with van der Waals surface area (Å²) in [6.45, 7) is 0. The molecule has 0 saturated heterocycles. The zero-order valence-corrected chi connectivity index (χ0v) is 1.30. The maximum Gasteiger partial charge on any atom is 0.316 e. The van der Waals surface area contributed by atoms with Crippen LogP contribution < -0.4 is 0 Å². The van der Waals surface area contributed by atoms with Crippen LogP contribution in [0.3, 0.4) is 0 Å². The summed E-state index contributed by atoms with van der Waals surface area (Å²) in [5.41, 5.74) is 0. The first-order chi connectivity index (χ1) is 0. The van der Waals surface area contributed by atoms with Crippen LogP contribution in [-0.4, -0.2) is 51.4 Å². The summed E-state index contributed by atoms with van der Waals surface area (Å²) in [6, 6.07) is 0. The fraction of sp³-hybridized carbons (Fsp3) is 0. The van der Waals surface area contributed by atoms with Crippen molar-refractivity contribution in [3.8, 4) is 0 Å². The van der Waals surface area contributed by atoms with Crippen molar-refractivity contribution in [2.75, 3.05) is 0 Å². The van der Waals surface area contributed by atoms with E-state index in [9.17, 15) is 0 Å².